The zero-order valence-corrected chi connectivity index (χ0v) is 17.3. The second kappa shape index (κ2) is 9.48. The van der Waals surface area contributed by atoms with Crippen molar-refractivity contribution < 1.29 is 4.74 Å². The van der Waals surface area contributed by atoms with Crippen LogP contribution in [0, 0.1) is 0 Å². The molecule has 146 valence electrons. The molecule has 4 aromatic rings. The van der Waals surface area contributed by atoms with Gasteiger partial charge >= 0.3 is 0 Å². The topological polar surface area (TPSA) is 27.1 Å². The highest BCUT2D eigenvalue weighted by molar-refractivity contribution is 7.98. The normalized spacial score (nSPS) is 10.8. The van der Waals surface area contributed by atoms with E-state index < -0.39 is 0 Å². The van der Waals surface area contributed by atoms with Crippen molar-refractivity contribution in [1.82, 2.24) is 9.78 Å². The minimum Gasteiger partial charge on any atom is -0.488 e. The maximum atomic E-state index is 6.33. The predicted octanol–water partition coefficient (Wildman–Crippen LogP) is 6.07. The maximum Gasteiger partial charge on any atom is 0.173 e. The van der Waals surface area contributed by atoms with E-state index in [1.54, 1.807) is 0 Å². The molecule has 0 aliphatic heterocycles. The van der Waals surface area contributed by atoms with E-state index in [0.717, 1.165) is 39.8 Å². The van der Waals surface area contributed by atoms with Crippen LogP contribution in [0.15, 0.2) is 91.0 Å². The summed E-state index contributed by atoms with van der Waals surface area (Å²) in [7, 11) is 1.98. The van der Waals surface area contributed by atoms with Gasteiger partial charge in [0.25, 0.3) is 0 Å². The Morgan fingerprint density at radius 1 is 0.793 bits per heavy atom. The quantitative estimate of drug-likeness (QED) is 0.336. The minimum atomic E-state index is 0.642. The van der Waals surface area contributed by atoms with Crippen LogP contribution in [0.5, 0.6) is 5.75 Å². The molecule has 0 radical (unpaired) electrons. The number of aromatic nitrogens is 2. The van der Waals surface area contributed by atoms with Gasteiger partial charge in [0.15, 0.2) is 5.75 Å². The van der Waals surface area contributed by atoms with Crippen LogP contribution in [-0.4, -0.2) is 22.1 Å². The molecule has 0 aliphatic rings. The highest BCUT2D eigenvalue weighted by Crippen LogP contribution is 2.38. The van der Waals surface area contributed by atoms with Crippen molar-refractivity contribution in [2.45, 2.75) is 5.75 Å². The second-order valence-electron chi connectivity index (χ2n) is 6.77. The molecule has 4 rings (SSSR count). The number of hydrogen-bond acceptors (Lipinski definition) is 3. The van der Waals surface area contributed by atoms with Crippen molar-refractivity contribution in [3.8, 4) is 28.3 Å². The van der Waals surface area contributed by atoms with Gasteiger partial charge in [0.05, 0.1) is 6.61 Å². The predicted molar refractivity (Wildman–Crippen MR) is 122 cm³/mol. The first kappa shape index (κ1) is 19.3. The number of ether oxygens (including phenoxy) is 1. The van der Waals surface area contributed by atoms with Crippen molar-refractivity contribution in [2.75, 3.05) is 12.4 Å². The van der Waals surface area contributed by atoms with Gasteiger partial charge in [-0.15, -0.1) is 0 Å². The number of thioether (sulfide) groups is 1. The van der Waals surface area contributed by atoms with E-state index in [1.807, 2.05) is 59.9 Å². The summed E-state index contributed by atoms with van der Waals surface area (Å²) in [6, 6.07) is 31.1. The zero-order valence-electron chi connectivity index (χ0n) is 16.5. The van der Waals surface area contributed by atoms with Gasteiger partial charge in [-0.3, -0.25) is 4.68 Å². The van der Waals surface area contributed by atoms with Crippen LogP contribution in [0.25, 0.3) is 22.5 Å². The summed E-state index contributed by atoms with van der Waals surface area (Å²) in [6.07, 6.45) is 0. The van der Waals surface area contributed by atoms with Crippen molar-refractivity contribution in [3.05, 3.63) is 96.6 Å². The Balaban J connectivity index is 1.53. The third kappa shape index (κ3) is 4.72. The molecule has 0 amide bonds. The highest BCUT2D eigenvalue weighted by atomic mass is 32.2. The Bertz CT molecular complexity index is 1030. The second-order valence-corrected chi connectivity index (χ2v) is 7.87. The molecular formula is C25H24N2OS. The molecule has 0 bridgehead atoms. The van der Waals surface area contributed by atoms with E-state index in [2.05, 4.69) is 54.6 Å². The van der Waals surface area contributed by atoms with Crippen LogP contribution >= 0.6 is 11.8 Å². The Labute approximate surface area is 176 Å². The van der Waals surface area contributed by atoms with E-state index >= 15 is 0 Å². The summed E-state index contributed by atoms with van der Waals surface area (Å²) in [6.45, 7) is 0.642. The van der Waals surface area contributed by atoms with Gasteiger partial charge in [-0.05, 0) is 5.56 Å². The van der Waals surface area contributed by atoms with Gasteiger partial charge < -0.3 is 4.74 Å². The number of nitrogens with zero attached hydrogens (tertiary/aromatic N) is 2. The fourth-order valence-corrected chi connectivity index (χ4v) is 4.08. The fraction of sp³-hybridized carbons (Fsp3) is 0.160. The smallest absolute Gasteiger partial charge is 0.173 e. The lowest BCUT2D eigenvalue weighted by Crippen LogP contribution is -2.02. The molecule has 0 saturated carbocycles. The molecule has 0 spiro atoms. The Morgan fingerprint density at radius 2 is 1.38 bits per heavy atom. The molecule has 0 aliphatic carbocycles. The first-order valence-corrected chi connectivity index (χ1v) is 10.9. The van der Waals surface area contributed by atoms with E-state index in [4.69, 9.17) is 9.84 Å². The van der Waals surface area contributed by atoms with Gasteiger partial charge in [-0.2, -0.15) is 16.9 Å². The lowest BCUT2D eigenvalue weighted by Gasteiger charge is -2.10. The number of benzene rings is 3. The lowest BCUT2D eigenvalue weighted by atomic mass is 10.1. The van der Waals surface area contributed by atoms with Crippen LogP contribution in [0.4, 0.5) is 0 Å². The molecule has 0 atom stereocenters. The van der Waals surface area contributed by atoms with E-state index in [-0.39, 0.29) is 0 Å². The molecule has 3 aromatic carbocycles. The highest BCUT2D eigenvalue weighted by Gasteiger charge is 2.20. The standard InChI is InChI=1S/C25H24N2OS/c1-27-24(22-15-9-4-10-16-22)25(23(26-27)21-13-7-3-8-14-21)28-17-18-29-19-20-11-5-2-6-12-20/h2-16H,17-19H2,1H3. The van der Waals surface area contributed by atoms with E-state index in [1.165, 1.54) is 5.56 Å². The molecule has 1 heterocycles. The van der Waals surface area contributed by atoms with Crippen LogP contribution in [0.1, 0.15) is 5.56 Å². The lowest BCUT2D eigenvalue weighted by molar-refractivity contribution is 0.346. The third-order valence-electron chi connectivity index (χ3n) is 4.68. The molecular weight excluding hydrogens is 376 g/mol. The summed E-state index contributed by atoms with van der Waals surface area (Å²) < 4.78 is 8.25. The summed E-state index contributed by atoms with van der Waals surface area (Å²) in [4.78, 5) is 0. The summed E-state index contributed by atoms with van der Waals surface area (Å²) in [5.41, 5.74) is 5.42. The Kier molecular flexibility index (Phi) is 6.32. The van der Waals surface area contributed by atoms with E-state index in [9.17, 15) is 0 Å². The molecule has 3 nitrogen and oxygen atoms in total. The summed E-state index contributed by atoms with van der Waals surface area (Å²) in [5, 5.41) is 4.79. The fourth-order valence-electron chi connectivity index (χ4n) is 3.31. The van der Waals surface area contributed by atoms with Crippen LogP contribution in [0.3, 0.4) is 0 Å². The summed E-state index contributed by atoms with van der Waals surface area (Å²) >= 11 is 1.88. The van der Waals surface area contributed by atoms with Gasteiger partial charge in [0.2, 0.25) is 0 Å². The largest absolute Gasteiger partial charge is 0.488 e. The van der Waals surface area contributed by atoms with E-state index in [0.29, 0.717) is 6.61 Å². The van der Waals surface area contributed by atoms with Crippen LogP contribution < -0.4 is 4.74 Å². The van der Waals surface area contributed by atoms with Crippen molar-refractivity contribution in [1.29, 1.82) is 0 Å². The zero-order chi connectivity index (χ0) is 19.9. The third-order valence-corrected chi connectivity index (χ3v) is 5.68. The van der Waals surface area contributed by atoms with Gasteiger partial charge in [-0.1, -0.05) is 91.0 Å². The van der Waals surface area contributed by atoms with Crippen LogP contribution in [-0.2, 0) is 12.8 Å². The van der Waals surface area contributed by atoms with Crippen LogP contribution in [0.2, 0.25) is 0 Å². The van der Waals surface area contributed by atoms with Crippen molar-refractivity contribution >= 4 is 11.8 Å². The Morgan fingerprint density at radius 3 is 2.03 bits per heavy atom. The maximum absolute atomic E-state index is 6.33. The average Bonchev–Trinajstić information content (AvgIpc) is 3.11. The molecule has 29 heavy (non-hydrogen) atoms. The molecule has 0 saturated heterocycles. The first-order valence-electron chi connectivity index (χ1n) is 9.75. The van der Waals surface area contributed by atoms with Gasteiger partial charge in [0, 0.05) is 29.7 Å². The summed E-state index contributed by atoms with van der Waals surface area (Å²) in [5.74, 6) is 2.77. The number of rotatable bonds is 8. The molecule has 0 fully saturated rings. The Hall–Kier alpha value is -2.98. The van der Waals surface area contributed by atoms with Gasteiger partial charge in [0.1, 0.15) is 11.4 Å². The molecule has 1 aromatic heterocycles. The van der Waals surface area contributed by atoms with Crippen molar-refractivity contribution in [2.24, 2.45) is 7.05 Å². The molecule has 4 heteroatoms. The molecule has 0 N–H and O–H groups in total. The SMILES string of the molecule is Cn1nc(-c2ccccc2)c(OCCSCc2ccccc2)c1-c1ccccc1. The first-order chi connectivity index (χ1) is 14.3. The average molecular weight is 401 g/mol. The minimum absolute atomic E-state index is 0.642. The number of hydrogen-bond donors (Lipinski definition) is 0. The number of aryl methyl sites for hydroxylation is 1. The van der Waals surface area contributed by atoms with Gasteiger partial charge in [-0.25, -0.2) is 0 Å². The molecule has 0 unspecified atom stereocenters. The van der Waals surface area contributed by atoms with Crippen molar-refractivity contribution in [3.63, 3.8) is 0 Å². The monoisotopic (exact) mass is 400 g/mol.